The van der Waals surface area contributed by atoms with Crippen LogP contribution in [0.2, 0.25) is 0 Å². The number of carbonyl (C=O) groups excluding carboxylic acids is 1. The Kier molecular flexibility index (Phi) is 3.06. The van der Waals surface area contributed by atoms with Gasteiger partial charge in [-0.05, 0) is 18.7 Å². The Hall–Kier alpha value is -2.15. The second-order valence-electron chi connectivity index (χ2n) is 4.47. The Labute approximate surface area is 119 Å². The van der Waals surface area contributed by atoms with Crippen molar-refractivity contribution in [3.63, 3.8) is 0 Å². The van der Waals surface area contributed by atoms with Crippen molar-refractivity contribution < 1.29 is 9.72 Å². The van der Waals surface area contributed by atoms with Crippen molar-refractivity contribution in [1.29, 1.82) is 0 Å². The van der Waals surface area contributed by atoms with E-state index in [9.17, 15) is 14.9 Å². The van der Waals surface area contributed by atoms with E-state index in [1.807, 2.05) is 11.8 Å². The minimum Gasteiger partial charge on any atom is -0.322 e. The predicted molar refractivity (Wildman–Crippen MR) is 76.7 cm³/mol. The normalized spacial score (nSPS) is 17.2. The number of non-ortho nitro benzene ring substituents is 1. The Bertz CT molecular complexity index is 681. The maximum absolute atomic E-state index is 12.5. The maximum atomic E-state index is 12.5. The van der Waals surface area contributed by atoms with Gasteiger partial charge in [0.1, 0.15) is 0 Å². The van der Waals surface area contributed by atoms with E-state index in [2.05, 4.69) is 4.99 Å². The number of allylic oxidation sites excluding steroid dienone is 2. The van der Waals surface area contributed by atoms with Gasteiger partial charge in [-0.25, -0.2) is 0 Å². The van der Waals surface area contributed by atoms with Crippen LogP contribution in [-0.4, -0.2) is 33.9 Å². The van der Waals surface area contributed by atoms with Crippen LogP contribution in [0, 0.1) is 10.1 Å². The number of thioether (sulfide) groups is 1. The van der Waals surface area contributed by atoms with Gasteiger partial charge in [-0.15, -0.1) is 0 Å². The van der Waals surface area contributed by atoms with Gasteiger partial charge in [-0.3, -0.25) is 19.9 Å². The van der Waals surface area contributed by atoms with Crippen LogP contribution in [0.15, 0.2) is 39.9 Å². The molecule has 20 heavy (non-hydrogen) atoms. The molecule has 0 bridgehead atoms. The zero-order valence-electron chi connectivity index (χ0n) is 10.7. The highest BCUT2D eigenvalue weighted by Gasteiger charge is 2.33. The number of ketones is 1. The summed E-state index contributed by atoms with van der Waals surface area (Å²) >= 11 is 1.34. The molecule has 0 fully saturated rings. The van der Waals surface area contributed by atoms with Gasteiger partial charge in [0, 0.05) is 29.9 Å². The summed E-state index contributed by atoms with van der Waals surface area (Å²) in [6.45, 7) is 3.42. The highest BCUT2D eigenvalue weighted by molar-refractivity contribution is 8.18. The molecule has 0 N–H and O–H groups in total. The van der Waals surface area contributed by atoms with E-state index in [0.29, 0.717) is 10.5 Å². The van der Waals surface area contributed by atoms with Crippen LogP contribution in [0.3, 0.4) is 0 Å². The first-order valence-electron chi connectivity index (χ1n) is 6.08. The van der Waals surface area contributed by atoms with E-state index in [1.54, 1.807) is 6.07 Å². The van der Waals surface area contributed by atoms with Gasteiger partial charge in [0.25, 0.3) is 5.69 Å². The summed E-state index contributed by atoms with van der Waals surface area (Å²) in [7, 11) is 0. The molecule has 0 saturated heterocycles. The first-order chi connectivity index (χ1) is 9.58. The number of rotatable bonds is 3. The first kappa shape index (κ1) is 12.9. The van der Waals surface area contributed by atoms with Gasteiger partial charge in [0.05, 0.1) is 16.4 Å². The quantitative estimate of drug-likeness (QED) is 0.485. The van der Waals surface area contributed by atoms with Gasteiger partial charge in [0.15, 0.2) is 5.17 Å². The lowest BCUT2D eigenvalue weighted by Gasteiger charge is -2.11. The number of aliphatic imine (C=N–C) groups is 1. The Morgan fingerprint density at radius 2 is 2.30 bits per heavy atom. The number of nitrogens with zero attached hydrogens (tertiary/aromatic N) is 3. The summed E-state index contributed by atoms with van der Waals surface area (Å²) in [5, 5.41) is 11.6. The van der Waals surface area contributed by atoms with Crippen molar-refractivity contribution in [2.24, 2.45) is 4.99 Å². The lowest BCUT2D eigenvalue weighted by molar-refractivity contribution is -0.384. The molecule has 102 valence electrons. The van der Waals surface area contributed by atoms with Crippen molar-refractivity contribution in [1.82, 2.24) is 4.90 Å². The highest BCUT2D eigenvalue weighted by Crippen LogP contribution is 2.38. The highest BCUT2D eigenvalue weighted by atomic mass is 32.2. The SMILES string of the molecule is CC1=C(C(=O)c2cccc([N+](=O)[O-])c2)SC2=NCCN21. The lowest BCUT2D eigenvalue weighted by Crippen LogP contribution is -2.19. The van der Waals surface area contributed by atoms with Crippen molar-refractivity contribution in [3.8, 4) is 0 Å². The van der Waals surface area contributed by atoms with Gasteiger partial charge >= 0.3 is 0 Å². The van der Waals surface area contributed by atoms with E-state index in [1.165, 1.54) is 30.0 Å². The van der Waals surface area contributed by atoms with E-state index >= 15 is 0 Å². The smallest absolute Gasteiger partial charge is 0.270 e. The van der Waals surface area contributed by atoms with Crippen LogP contribution in [0.1, 0.15) is 17.3 Å². The number of fused-ring (bicyclic) bond motifs is 1. The second kappa shape index (κ2) is 4.75. The van der Waals surface area contributed by atoms with Gasteiger partial charge < -0.3 is 4.90 Å². The van der Waals surface area contributed by atoms with Crippen LogP contribution < -0.4 is 0 Å². The first-order valence-corrected chi connectivity index (χ1v) is 6.89. The predicted octanol–water partition coefficient (Wildman–Crippen LogP) is 2.43. The van der Waals surface area contributed by atoms with Gasteiger partial charge in [-0.2, -0.15) is 0 Å². The Morgan fingerprint density at radius 1 is 1.50 bits per heavy atom. The van der Waals surface area contributed by atoms with E-state index < -0.39 is 4.92 Å². The Morgan fingerprint density at radius 3 is 3.00 bits per heavy atom. The molecule has 0 aromatic heterocycles. The molecule has 1 aromatic carbocycles. The summed E-state index contributed by atoms with van der Waals surface area (Å²) in [5.41, 5.74) is 1.14. The van der Waals surface area contributed by atoms with Crippen LogP contribution in [0.5, 0.6) is 0 Å². The molecule has 2 aliphatic heterocycles. The fourth-order valence-electron chi connectivity index (χ4n) is 2.22. The minimum absolute atomic E-state index is 0.0741. The minimum atomic E-state index is -0.498. The average molecular weight is 289 g/mol. The molecule has 0 amide bonds. The fraction of sp³-hybridized carbons (Fsp3) is 0.231. The maximum Gasteiger partial charge on any atom is 0.270 e. The molecule has 7 heteroatoms. The molecule has 2 aliphatic rings. The summed E-state index contributed by atoms with van der Waals surface area (Å²) in [6.07, 6.45) is 0. The third-order valence-electron chi connectivity index (χ3n) is 3.25. The molecule has 3 rings (SSSR count). The van der Waals surface area contributed by atoms with Crippen LogP contribution >= 0.6 is 11.8 Å². The van der Waals surface area contributed by atoms with E-state index in [4.69, 9.17) is 0 Å². The summed E-state index contributed by atoms with van der Waals surface area (Å²) in [4.78, 5) is 29.7. The molecule has 2 heterocycles. The number of Topliss-reactive ketones (excluding diaryl/α,β-unsaturated/α-hetero) is 1. The zero-order chi connectivity index (χ0) is 14.3. The number of hydrogen-bond acceptors (Lipinski definition) is 6. The topological polar surface area (TPSA) is 75.8 Å². The van der Waals surface area contributed by atoms with Crippen molar-refractivity contribution in [2.45, 2.75) is 6.92 Å². The molecule has 1 aromatic rings. The molecule has 6 nitrogen and oxygen atoms in total. The van der Waals surface area contributed by atoms with Crippen LogP contribution in [0.4, 0.5) is 5.69 Å². The number of benzene rings is 1. The van der Waals surface area contributed by atoms with E-state index in [-0.39, 0.29) is 11.5 Å². The fourth-order valence-corrected chi connectivity index (χ4v) is 3.36. The van der Waals surface area contributed by atoms with E-state index in [0.717, 1.165) is 24.0 Å². The molecule has 0 unspecified atom stereocenters. The molecule has 0 aliphatic carbocycles. The van der Waals surface area contributed by atoms with Gasteiger partial charge in [-0.1, -0.05) is 12.1 Å². The molecule has 0 spiro atoms. The lowest BCUT2D eigenvalue weighted by atomic mass is 10.1. The molecule has 0 radical (unpaired) electrons. The molecular weight excluding hydrogens is 278 g/mol. The number of nitro benzene ring substituents is 1. The number of carbonyl (C=O) groups is 1. The third kappa shape index (κ3) is 2.00. The standard InChI is InChI=1S/C13H11N3O3S/c1-8-12(20-13-14-5-6-15(8)13)11(17)9-3-2-4-10(7-9)16(18)19/h2-4,7H,5-6H2,1H3. The zero-order valence-corrected chi connectivity index (χ0v) is 11.5. The monoisotopic (exact) mass is 289 g/mol. The van der Waals surface area contributed by atoms with Gasteiger partial charge in [0.2, 0.25) is 5.78 Å². The third-order valence-corrected chi connectivity index (χ3v) is 4.47. The molecule has 0 saturated carbocycles. The summed E-state index contributed by atoms with van der Waals surface area (Å²) < 4.78 is 0. The number of hydrogen-bond donors (Lipinski definition) is 0. The largest absolute Gasteiger partial charge is 0.322 e. The second-order valence-corrected chi connectivity index (χ2v) is 5.45. The van der Waals surface area contributed by atoms with Crippen LogP contribution in [-0.2, 0) is 0 Å². The van der Waals surface area contributed by atoms with Crippen LogP contribution in [0.25, 0.3) is 0 Å². The van der Waals surface area contributed by atoms with Crippen molar-refractivity contribution >= 4 is 28.4 Å². The number of nitro groups is 1. The summed E-state index contributed by atoms with van der Waals surface area (Å²) in [5.74, 6) is -0.187. The van der Waals surface area contributed by atoms with Crippen molar-refractivity contribution in [2.75, 3.05) is 13.1 Å². The average Bonchev–Trinajstić information content (AvgIpc) is 3.02. The van der Waals surface area contributed by atoms with Crippen molar-refractivity contribution in [3.05, 3.63) is 50.5 Å². The molecule has 0 atom stereocenters. The molecular formula is C13H11N3O3S. The number of amidine groups is 1. The summed E-state index contributed by atoms with van der Waals surface area (Å²) in [6, 6.07) is 5.82. The Balaban J connectivity index is 1.94.